The summed E-state index contributed by atoms with van der Waals surface area (Å²) in [6.45, 7) is 3.93. The van der Waals surface area contributed by atoms with Crippen LogP contribution in [0.15, 0.2) is 10.3 Å². The summed E-state index contributed by atoms with van der Waals surface area (Å²) in [5, 5.41) is 10.7. The minimum absolute atomic E-state index is 0.0438. The lowest BCUT2D eigenvalue weighted by Gasteiger charge is -2.17. The second-order valence-electron chi connectivity index (χ2n) is 5.12. The first-order valence-corrected chi connectivity index (χ1v) is 8.77. The van der Waals surface area contributed by atoms with Crippen LogP contribution in [0, 0.1) is 22.0 Å². The van der Waals surface area contributed by atoms with Crippen molar-refractivity contribution in [2.45, 2.75) is 24.5 Å². The third-order valence-electron chi connectivity index (χ3n) is 3.45. The summed E-state index contributed by atoms with van der Waals surface area (Å²) < 4.78 is 25.2. The van der Waals surface area contributed by atoms with Gasteiger partial charge in [-0.05, 0) is 11.8 Å². The highest BCUT2D eigenvalue weighted by molar-refractivity contribution is 7.91. The van der Waals surface area contributed by atoms with Gasteiger partial charge in [-0.3, -0.25) is 14.9 Å². The monoisotopic (exact) mass is 352 g/mol. The lowest BCUT2D eigenvalue weighted by molar-refractivity contribution is -0.384. The zero-order valence-corrected chi connectivity index (χ0v) is 13.7. The van der Waals surface area contributed by atoms with Crippen LogP contribution in [-0.4, -0.2) is 30.1 Å². The van der Waals surface area contributed by atoms with E-state index in [1.807, 2.05) is 13.8 Å². The van der Waals surface area contributed by atoms with E-state index in [9.17, 15) is 23.3 Å². The van der Waals surface area contributed by atoms with Gasteiger partial charge in [0.05, 0.1) is 4.92 Å². The molecule has 0 bridgehead atoms. The third-order valence-corrected chi connectivity index (χ3v) is 7.02. The molecule has 1 fully saturated rings. The Morgan fingerprint density at radius 2 is 2.14 bits per heavy atom. The Kier molecular flexibility index (Phi) is 4.27. The van der Waals surface area contributed by atoms with Crippen LogP contribution in [0.25, 0.3) is 0 Å². The van der Waals surface area contributed by atoms with E-state index in [1.165, 1.54) is 0 Å². The molecule has 10 heteroatoms. The minimum Gasteiger partial charge on any atom is -0.274 e. The van der Waals surface area contributed by atoms with Crippen molar-refractivity contribution in [2.75, 3.05) is 6.54 Å². The Balaban J connectivity index is 2.37. The van der Waals surface area contributed by atoms with Crippen LogP contribution in [0.3, 0.4) is 0 Å². The minimum atomic E-state index is -4.08. The molecule has 116 valence electrons. The van der Waals surface area contributed by atoms with E-state index in [1.54, 1.807) is 0 Å². The maximum Gasteiger partial charge on any atom is 0.300 e. The number of sulfonamides is 1. The number of carbonyl (C=O) groups is 1. The van der Waals surface area contributed by atoms with Gasteiger partial charge in [0, 0.05) is 19.0 Å². The summed E-state index contributed by atoms with van der Waals surface area (Å²) in [7, 11) is -4.08. The van der Waals surface area contributed by atoms with Gasteiger partial charge in [-0.2, -0.15) is 0 Å². The van der Waals surface area contributed by atoms with Crippen molar-refractivity contribution in [3.63, 3.8) is 0 Å². The molecule has 2 heterocycles. The largest absolute Gasteiger partial charge is 0.300 e. The van der Waals surface area contributed by atoms with Crippen molar-refractivity contribution in [2.24, 2.45) is 11.8 Å². The van der Waals surface area contributed by atoms with E-state index < -0.39 is 26.5 Å². The van der Waals surface area contributed by atoms with Crippen LogP contribution in [0.4, 0.5) is 5.69 Å². The first-order chi connectivity index (χ1) is 9.64. The number of carbonyl (C=O) groups excluding carboxylic acids is 1. The second kappa shape index (κ2) is 5.54. The number of nitrogens with zero attached hydrogens (tertiary/aromatic N) is 2. The number of amides is 1. The number of thiophene rings is 1. The molecule has 1 atom stereocenters. The normalized spacial score (nSPS) is 19.5. The molecule has 0 N–H and O–H groups in total. The van der Waals surface area contributed by atoms with Gasteiger partial charge in [0.15, 0.2) is 4.34 Å². The number of hydrogen-bond donors (Lipinski definition) is 0. The van der Waals surface area contributed by atoms with Crippen LogP contribution in [0.5, 0.6) is 0 Å². The first-order valence-electron chi connectivity index (χ1n) is 6.14. The second-order valence-corrected chi connectivity index (χ2v) is 8.86. The van der Waals surface area contributed by atoms with Crippen molar-refractivity contribution in [1.29, 1.82) is 0 Å². The standard InChI is InChI=1S/C11H13ClN2O5S2/c1-6(2)7-3-9(15)13(5-7)21(18,19)10-4-8(14(16)17)11(12)20-10/h4,6-7H,3,5H2,1-2H3. The highest BCUT2D eigenvalue weighted by Crippen LogP contribution is 2.39. The quantitative estimate of drug-likeness (QED) is 0.612. The molecule has 0 spiro atoms. The molecule has 1 aromatic rings. The Morgan fingerprint density at radius 3 is 2.57 bits per heavy atom. The Labute approximate surface area is 130 Å². The fraction of sp³-hybridized carbons (Fsp3) is 0.545. The summed E-state index contributed by atoms with van der Waals surface area (Å²) in [6.07, 6.45) is 0.165. The summed E-state index contributed by atoms with van der Waals surface area (Å²) in [5.74, 6) is -0.353. The van der Waals surface area contributed by atoms with Crippen molar-refractivity contribution in [3.05, 3.63) is 20.5 Å². The zero-order valence-electron chi connectivity index (χ0n) is 11.3. The third kappa shape index (κ3) is 2.90. The van der Waals surface area contributed by atoms with Gasteiger partial charge in [-0.15, -0.1) is 11.3 Å². The Morgan fingerprint density at radius 1 is 1.52 bits per heavy atom. The van der Waals surface area contributed by atoms with Gasteiger partial charge in [-0.1, -0.05) is 25.4 Å². The molecule has 1 aromatic heterocycles. The average molecular weight is 353 g/mol. The molecule has 1 amide bonds. The summed E-state index contributed by atoms with van der Waals surface area (Å²) in [5.41, 5.74) is -0.465. The van der Waals surface area contributed by atoms with Crippen LogP contribution in [-0.2, 0) is 14.8 Å². The molecule has 1 aliphatic heterocycles. The first kappa shape index (κ1) is 16.2. The molecular formula is C11H13ClN2O5S2. The molecule has 21 heavy (non-hydrogen) atoms. The van der Waals surface area contributed by atoms with Crippen molar-refractivity contribution in [1.82, 2.24) is 4.31 Å². The number of halogens is 1. The lowest BCUT2D eigenvalue weighted by atomic mass is 9.95. The predicted molar refractivity (Wildman–Crippen MR) is 77.8 cm³/mol. The molecule has 1 unspecified atom stereocenters. The number of hydrogen-bond acceptors (Lipinski definition) is 6. The lowest BCUT2D eigenvalue weighted by Crippen LogP contribution is -2.32. The molecule has 2 rings (SSSR count). The van der Waals surface area contributed by atoms with Gasteiger partial charge in [0.2, 0.25) is 5.91 Å². The van der Waals surface area contributed by atoms with E-state index in [-0.39, 0.29) is 33.3 Å². The van der Waals surface area contributed by atoms with Crippen molar-refractivity contribution < 1.29 is 18.1 Å². The van der Waals surface area contributed by atoms with E-state index >= 15 is 0 Å². The highest BCUT2D eigenvalue weighted by Gasteiger charge is 2.41. The summed E-state index contributed by atoms with van der Waals surface area (Å²) in [4.78, 5) is 21.9. The summed E-state index contributed by atoms with van der Waals surface area (Å²) >= 11 is 6.27. The molecule has 0 saturated carbocycles. The van der Waals surface area contributed by atoms with E-state index in [2.05, 4.69) is 0 Å². The molecule has 0 aliphatic carbocycles. The number of rotatable bonds is 4. The summed E-state index contributed by atoms with van der Waals surface area (Å²) in [6, 6.07) is 0.901. The zero-order chi connectivity index (χ0) is 15.9. The van der Waals surface area contributed by atoms with E-state index in [0.29, 0.717) is 11.3 Å². The molecule has 0 radical (unpaired) electrons. The fourth-order valence-corrected chi connectivity index (χ4v) is 5.33. The maximum atomic E-state index is 12.4. The fourth-order valence-electron chi connectivity index (χ4n) is 2.08. The molecule has 1 aliphatic rings. The van der Waals surface area contributed by atoms with Crippen LogP contribution in [0.1, 0.15) is 20.3 Å². The van der Waals surface area contributed by atoms with Gasteiger partial charge < -0.3 is 0 Å². The van der Waals surface area contributed by atoms with Gasteiger partial charge in [0.25, 0.3) is 15.7 Å². The van der Waals surface area contributed by atoms with E-state index in [4.69, 9.17) is 11.6 Å². The van der Waals surface area contributed by atoms with Crippen LogP contribution in [0.2, 0.25) is 4.34 Å². The van der Waals surface area contributed by atoms with Crippen molar-refractivity contribution >= 4 is 44.6 Å². The van der Waals surface area contributed by atoms with Crippen LogP contribution >= 0.6 is 22.9 Å². The Hall–Kier alpha value is -1.19. The highest BCUT2D eigenvalue weighted by atomic mass is 35.5. The topological polar surface area (TPSA) is 97.6 Å². The SMILES string of the molecule is CC(C)C1CC(=O)N(S(=O)(=O)c2cc([N+](=O)[O-])c(Cl)s2)C1. The number of nitro groups is 1. The molecular weight excluding hydrogens is 340 g/mol. The molecule has 1 saturated heterocycles. The van der Waals surface area contributed by atoms with Gasteiger partial charge >= 0.3 is 0 Å². The van der Waals surface area contributed by atoms with Crippen molar-refractivity contribution in [3.8, 4) is 0 Å². The van der Waals surface area contributed by atoms with Gasteiger partial charge in [-0.25, -0.2) is 12.7 Å². The smallest absolute Gasteiger partial charge is 0.274 e. The predicted octanol–water partition coefficient (Wildman–Crippen LogP) is 2.50. The van der Waals surface area contributed by atoms with Crippen LogP contribution < -0.4 is 0 Å². The Bertz CT molecular complexity index is 697. The molecule has 7 nitrogen and oxygen atoms in total. The maximum absolute atomic E-state index is 12.4. The average Bonchev–Trinajstić information content (AvgIpc) is 2.93. The molecule has 0 aromatic carbocycles. The van der Waals surface area contributed by atoms with Gasteiger partial charge in [0.1, 0.15) is 4.21 Å². The van der Waals surface area contributed by atoms with E-state index in [0.717, 1.165) is 10.4 Å².